The molecule has 3 rings (SSSR count). The predicted octanol–water partition coefficient (Wildman–Crippen LogP) is 0.976. The van der Waals surface area contributed by atoms with Crippen LogP contribution in [0.15, 0.2) is 12.1 Å². The molecule has 1 atom stereocenters. The maximum Gasteiger partial charge on any atom is 0.259 e. The van der Waals surface area contributed by atoms with E-state index in [1.807, 2.05) is 7.05 Å². The van der Waals surface area contributed by atoms with Gasteiger partial charge in [-0.3, -0.25) is 9.59 Å². The Kier molecular flexibility index (Phi) is 5.79. The SMILES string of the molecule is Cc1ccc(F)c(C(=O)N2CCNC[C@H]2C(=O)N2CCN(C)CC2)c1Cl. The Bertz CT molecular complexity index is 707. The largest absolute Gasteiger partial charge is 0.338 e. The zero-order valence-corrected chi connectivity index (χ0v) is 15.9. The summed E-state index contributed by atoms with van der Waals surface area (Å²) in [7, 11) is 2.02. The van der Waals surface area contributed by atoms with Crippen LogP contribution in [-0.2, 0) is 4.79 Å². The van der Waals surface area contributed by atoms with Gasteiger partial charge in [-0.05, 0) is 25.6 Å². The van der Waals surface area contributed by atoms with Crippen LogP contribution in [0.4, 0.5) is 4.39 Å². The van der Waals surface area contributed by atoms with E-state index >= 15 is 0 Å². The van der Waals surface area contributed by atoms with Crippen molar-refractivity contribution in [3.8, 4) is 0 Å². The van der Waals surface area contributed by atoms with Gasteiger partial charge in [0, 0.05) is 45.8 Å². The highest BCUT2D eigenvalue weighted by atomic mass is 35.5. The monoisotopic (exact) mass is 382 g/mol. The average molecular weight is 383 g/mol. The van der Waals surface area contributed by atoms with E-state index in [1.54, 1.807) is 17.9 Å². The molecule has 2 amide bonds. The Labute approximate surface area is 157 Å². The van der Waals surface area contributed by atoms with Crippen LogP contribution in [0.1, 0.15) is 15.9 Å². The van der Waals surface area contributed by atoms with Crippen LogP contribution in [0.25, 0.3) is 0 Å². The molecule has 0 aliphatic carbocycles. The summed E-state index contributed by atoms with van der Waals surface area (Å²) in [6, 6.07) is 2.14. The molecule has 0 spiro atoms. The van der Waals surface area contributed by atoms with Gasteiger partial charge in [-0.25, -0.2) is 4.39 Å². The number of hydrogen-bond acceptors (Lipinski definition) is 4. The minimum atomic E-state index is -0.657. The third-order valence-corrected chi connectivity index (χ3v) is 5.59. The van der Waals surface area contributed by atoms with Gasteiger partial charge in [-0.2, -0.15) is 0 Å². The smallest absolute Gasteiger partial charge is 0.259 e. The number of carbonyl (C=O) groups excluding carboxylic acids is 2. The maximum absolute atomic E-state index is 14.3. The number of carbonyl (C=O) groups is 2. The minimum Gasteiger partial charge on any atom is -0.338 e. The summed E-state index contributed by atoms with van der Waals surface area (Å²) in [6.45, 7) is 5.86. The summed E-state index contributed by atoms with van der Waals surface area (Å²) in [4.78, 5) is 31.4. The van der Waals surface area contributed by atoms with E-state index in [4.69, 9.17) is 11.6 Å². The van der Waals surface area contributed by atoms with Crippen LogP contribution in [-0.4, -0.2) is 85.4 Å². The summed E-state index contributed by atoms with van der Waals surface area (Å²) >= 11 is 6.20. The fourth-order valence-corrected chi connectivity index (χ4v) is 3.64. The Balaban J connectivity index is 1.84. The van der Waals surface area contributed by atoms with Crippen molar-refractivity contribution in [2.45, 2.75) is 13.0 Å². The third-order valence-electron chi connectivity index (χ3n) is 5.10. The van der Waals surface area contributed by atoms with Crippen molar-refractivity contribution in [3.63, 3.8) is 0 Å². The highest BCUT2D eigenvalue weighted by Crippen LogP contribution is 2.26. The lowest BCUT2D eigenvalue weighted by Crippen LogP contribution is -2.62. The van der Waals surface area contributed by atoms with Crippen molar-refractivity contribution in [1.82, 2.24) is 20.0 Å². The highest BCUT2D eigenvalue weighted by Gasteiger charge is 2.37. The predicted molar refractivity (Wildman–Crippen MR) is 97.9 cm³/mol. The first-order valence-electron chi connectivity index (χ1n) is 8.83. The van der Waals surface area contributed by atoms with Gasteiger partial charge in [0.2, 0.25) is 5.91 Å². The van der Waals surface area contributed by atoms with Gasteiger partial charge in [-0.15, -0.1) is 0 Å². The first-order valence-corrected chi connectivity index (χ1v) is 9.21. The molecule has 0 aromatic heterocycles. The quantitative estimate of drug-likeness (QED) is 0.828. The number of benzene rings is 1. The number of piperazine rings is 2. The molecule has 2 saturated heterocycles. The molecular formula is C18H24ClFN4O2. The van der Waals surface area contributed by atoms with E-state index in [1.165, 1.54) is 11.0 Å². The second-order valence-corrected chi connectivity index (χ2v) is 7.28. The fraction of sp³-hybridized carbons (Fsp3) is 0.556. The molecule has 142 valence electrons. The van der Waals surface area contributed by atoms with Crippen molar-refractivity contribution in [3.05, 3.63) is 34.1 Å². The lowest BCUT2D eigenvalue weighted by molar-refractivity contribution is -0.138. The molecule has 2 aliphatic heterocycles. The topological polar surface area (TPSA) is 55.9 Å². The maximum atomic E-state index is 14.3. The zero-order valence-electron chi connectivity index (χ0n) is 15.1. The summed E-state index contributed by atoms with van der Waals surface area (Å²) < 4.78 is 14.3. The Morgan fingerprint density at radius 3 is 2.58 bits per heavy atom. The number of amides is 2. The molecule has 2 aliphatic rings. The van der Waals surface area contributed by atoms with Gasteiger partial charge in [0.15, 0.2) is 0 Å². The third kappa shape index (κ3) is 3.70. The number of nitrogens with one attached hydrogen (secondary N) is 1. The summed E-state index contributed by atoms with van der Waals surface area (Å²) in [5.41, 5.74) is 0.484. The van der Waals surface area contributed by atoms with Crippen LogP contribution in [0.3, 0.4) is 0 Å². The Morgan fingerprint density at radius 1 is 1.19 bits per heavy atom. The van der Waals surface area contributed by atoms with E-state index in [0.717, 1.165) is 13.1 Å². The van der Waals surface area contributed by atoms with E-state index in [2.05, 4.69) is 10.2 Å². The molecule has 0 saturated carbocycles. The number of hydrogen-bond donors (Lipinski definition) is 1. The van der Waals surface area contributed by atoms with E-state index in [0.29, 0.717) is 38.3 Å². The molecule has 8 heteroatoms. The molecule has 0 radical (unpaired) electrons. The molecule has 1 aromatic carbocycles. The van der Waals surface area contributed by atoms with Gasteiger partial charge >= 0.3 is 0 Å². The summed E-state index contributed by atoms with van der Waals surface area (Å²) in [5.74, 6) is -1.28. The van der Waals surface area contributed by atoms with Gasteiger partial charge in [-0.1, -0.05) is 17.7 Å². The van der Waals surface area contributed by atoms with Crippen molar-refractivity contribution in [2.75, 3.05) is 52.9 Å². The highest BCUT2D eigenvalue weighted by molar-refractivity contribution is 6.34. The Hall–Kier alpha value is -1.70. The van der Waals surface area contributed by atoms with Crippen LogP contribution >= 0.6 is 11.6 Å². The molecular weight excluding hydrogens is 359 g/mol. The standard InChI is InChI=1S/C18H24ClFN4O2/c1-12-3-4-13(20)15(16(12)19)18(26)24-6-5-21-11-14(24)17(25)23-9-7-22(2)8-10-23/h3-4,14,21H,5-11H2,1-2H3/t14-/m0/s1. The molecule has 1 N–H and O–H groups in total. The molecule has 26 heavy (non-hydrogen) atoms. The fourth-order valence-electron chi connectivity index (χ4n) is 3.40. The number of nitrogens with zero attached hydrogens (tertiary/aromatic N) is 3. The number of likely N-dealkylation sites (N-methyl/N-ethyl adjacent to an activating group) is 1. The molecule has 2 fully saturated rings. The Morgan fingerprint density at radius 2 is 1.88 bits per heavy atom. The number of halogens is 2. The minimum absolute atomic E-state index is 0.0946. The number of rotatable bonds is 2. The van der Waals surface area contributed by atoms with Gasteiger partial charge in [0.05, 0.1) is 10.6 Å². The molecule has 0 unspecified atom stereocenters. The first kappa shape index (κ1) is 19.1. The molecule has 2 heterocycles. The summed E-state index contributed by atoms with van der Waals surface area (Å²) in [6.07, 6.45) is 0. The van der Waals surface area contributed by atoms with Gasteiger partial charge in [0.1, 0.15) is 11.9 Å². The molecule has 0 bridgehead atoms. The zero-order chi connectivity index (χ0) is 18.8. The van der Waals surface area contributed by atoms with E-state index in [-0.39, 0.29) is 16.5 Å². The second kappa shape index (κ2) is 7.90. The lowest BCUT2D eigenvalue weighted by atomic mass is 10.1. The second-order valence-electron chi connectivity index (χ2n) is 6.90. The van der Waals surface area contributed by atoms with Crippen molar-refractivity contribution in [2.24, 2.45) is 0 Å². The normalized spacial score (nSPS) is 21.8. The van der Waals surface area contributed by atoms with E-state index < -0.39 is 17.8 Å². The van der Waals surface area contributed by atoms with Crippen LogP contribution in [0, 0.1) is 12.7 Å². The van der Waals surface area contributed by atoms with Crippen molar-refractivity contribution >= 4 is 23.4 Å². The van der Waals surface area contributed by atoms with Gasteiger partial charge in [0.25, 0.3) is 5.91 Å². The molecule has 6 nitrogen and oxygen atoms in total. The summed E-state index contributed by atoms with van der Waals surface area (Å²) in [5, 5.41) is 3.27. The first-order chi connectivity index (χ1) is 12.4. The molecule has 1 aromatic rings. The van der Waals surface area contributed by atoms with Crippen LogP contribution in [0.5, 0.6) is 0 Å². The van der Waals surface area contributed by atoms with Crippen molar-refractivity contribution in [1.29, 1.82) is 0 Å². The lowest BCUT2D eigenvalue weighted by Gasteiger charge is -2.40. The van der Waals surface area contributed by atoms with Crippen molar-refractivity contribution < 1.29 is 14.0 Å². The van der Waals surface area contributed by atoms with E-state index in [9.17, 15) is 14.0 Å². The van der Waals surface area contributed by atoms with Crippen LogP contribution < -0.4 is 5.32 Å². The van der Waals surface area contributed by atoms with Crippen LogP contribution in [0.2, 0.25) is 5.02 Å². The van der Waals surface area contributed by atoms with Gasteiger partial charge < -0.3 is 20.0 Å². The average Bonchev–Trinajstić information content (AvgIpc) is 2.65. The number of aryl methyl sites for hydroxylation is 1.